The summed E-state index contributed by atoms with van der Waals surface area (Å²) in [6, 6.07) is 11.6. The lowest BCUT2D eigenvalue weighted by Crippen LogP contribution is -2.49. The molecule has 6 heteroatoms. The molecule has 1 heterocycles. The number of piperidine rings is 1. The molecular weight excluding hydrogens is 376 g/mol. The summed E-state index contributed by atoms with van der Waals surface area (Å²) in [5.41, 5.74) is 1.38. The Morgan fingerprint density at radius 1 is 1.17 bits per heavy atom. The topological polar surface area (TPSA) is 66.0 Å². The number of likely N-dealkylation sites (tertiary alicyclic amines) is 1. The van der Waals surface area contributed by atoms with Crippen LogP contribution < -0.4 is 10.6 Å². The third kappa shape index (κ3) is 7.01. The lowest BCUT2D eigenvalue weighted by Gasteiger charge is -2.37. The van der Waals surface area contributed by atoms with Gasteiger partial charge in [-0.25, -0.2) is 0 Å². The molecular formula is C24H38N4O2. The van der Waals surface area contributed by atoms with Crippen molar-refractivity contribution in [3.8, 4) is 0 Å². The molecule has 0 spiro atoms. The molecule has 1 unspecified atom stereocenters. The highest BCUT2D eigenvalue weighted by molar-refractivity contribution is 5.80. The first kappa shape index (κ1) is 22.6. The third-order valence-corrected chi connectivity index (χ3v) is 6.37. The van der Waals surface area contributed by atoms with E-state index in [-0.39, 0.29) is 12.1 Å². The smallest absolute Gasteiger partial charge is 0.306 e. The van der Waals surface area contributed by atoms with Crippen LogP contribution in [0.1, 0.15) is 69.9 Å². The largest absolute Gasteiger partial charge is 0.462 e. The molecule has 1 aromatic rings. The van der Waals surface area contributed by atoms with Crippen molar-refractivity contribution in [2.45, 2.75) is 76.5 Å². The van der Waals surface area contributed by atoms with Gasteiger partial charge in [0.2, 0.25) is 0 Å². The molecule has 3 rings (SSSR count). The fraction of sp³-hybridized carbons (Fsp3) is 0.667. The van der Waals surface area contributed by atoms with Gasteiger partial charge in [-0.2, -0.15) is 0 Å². The van der Waals surface area contributed by atoms with Crippen molar-refractivity contribution in [2.75, 3.05) is 26.7 Å². The zero-order valence-corrected chi connectivity index (χ0v) is 18.6. The second kappa shape index (κ2) is 11.9. The molecule has 0 bridgehead atoms. The second-order valence-electron chi connectivity index (χ2n) is 8.54. The van der Waals surface area contributed by atoms with Gasteiger partial charge in [0, 0.05) is 45.2 Å². The summed E-state index contributed by atoms with van der Waals surface area (Å²) in [5.74, 6) is 0.764. The van der Waals surface area contributed by atoms with E-state index < -0.39 is 0 Å². The summed E-state index contributed by atoms with van der Waals surface area (Å²) in [7, 11) is 1.80. The molecule has 6 nitrogen and oxygen atoms in total. The number of aliphatic imine (C=N–C) groups is 1. The van der Waals surface area contributed by atoms with Crippen LogP contribution in [0.3, 0.4) is 0 Å². The molecule has 1 aromatic carbocycles. The Balaban J connectivity index is 1.31. The lowest BCUT2D eigenvalue weighted by atomic mass is 10.0. The molecule has 166 valence electrons. The fourth-order valence-electron chi connectivity index (χ4n) is 4.45. The normalized spacial score (nSPS) is 20.1. The minimum atomic E-state index is -0.0634. The highest BCUT2D eigenvalue weighted by Gasteiger charge is 2.24. The second-order valence-corrected chi connectivity index (χ2v) is 8.54. The number of rotatable bonds is 8. The average molecular weight is 415 g/mol. The first-order valence-corrected chi connectivity index (χ1v) is 11.6. The highest BCUT2D eigenvalue weighted by atomic mass is 16.5. The van der Waals surface area contributed by atoms with Gasteiger partial charge in [-0.15, -0.1) is 0 Å². The van der Waals surface area contributed by atoms with Crippen LogP contribution >= 0.6 is 0 Å². The molecule has 2 fully saturated rings. The molecule has 30 heavy (non-hydrogen) atoms. The molecule has 1 atom stereocenters. The predicted molar refractivity (Wildman–Crippen MR) is 122 cm³/mol. The number of ether oxygens (including phenoxy) is 1. The van der Waals surface area contributed by atoms with E-state index in [0.717, 1.165) is 57.7 Å². The maximum atomic E-state index is 11.9. The van der Waals surface area contributed by atoms with Gasteiger partial charge in [-0.1, -0.05) is 30.3 Å². The van der Waals surface area contributed by atoms with E-state index in [2.05, 4.69) is 57.8 Å². The van der Waals surface area contributed by atoms with Crippen LogP contribution in [-0.2, 0) is 9.53 Å². The van der Waals surface area contributed by atoms with E-state index in [4.69, 9.17) is 4.74 Å². The number of nitrogens with one attached hydrogen (secondary N) is 2. The Morgan fingerprint density at radius 3 is 2.53 bits per heavy atom. The zero-order valence-electron chi connectivity index (χ0n) is 18.6. The van der Waals surface area contributed by atoms with Crippen LogP contribution in [0.2, 0.25) is 0 Å². The van der Waals surface area contributed by atoms with Gasteiger partial charge in [0.1, 0.15) is 6.10 Å². The van der Waals surface area contributed by atoms with Crippen molar-refractivity contribution >= 4 is 11.9 Å². The van der Waals surface area contributed by atoms with Gasteiger partial charge in [0.05, 0.1) is 0 Å². The first-order chi connectivity index (χ1) is 14.7. The Kier molecular flexibility index (Phi) is 9.00. The zero-order chi connectivity index (χ0) is 21.2. The maximum absolute atomic E-state index is 11.9. The van der Waals surface area contributed by atoms with Gasteiger partial charge in [0.15, 0.2) is 5.96 Å². The number of hydrogen-bond donors (Lipinski definition) is 2. The van der Waals surface area contributed by atoms with Crippen LogP contribution in [0.15, 0.2) is 35.3 Å². The highest BCUT2D eigenvalue weighted by Crippen LogP contribution is 2.24. The number of guanidine groups is 1. The molecule has 2 N–H and O–H groups in total. The van der Waals surface area contributed by atoms with Crippen molar-refractivity contribution in [2.24, 2.45) is 4.99 Å². The SMILES string of the molecule is CN=C(NCCCC(=O)OC1CCCC1)NC1CCN(C(C)c2ccccc2)CC1. The van der Waals surface area contributed by atoms with E-state index in [0.29, 0.717) is 18.5 Å². The van der Waals surface area contributed by atoms with Gasteiger partial charge < -0.3 is 15.4 Å². The van der Waals surface area contributed by atoms with Gasteiger partial charge >= 0.3 is 5.97 Å². The minimum absolute atomic E-state index is 0.0634. The standard InChI is InChI=1S/C24H38N4O2/c1-19(20-9-4-3-5-10-20)28-17-14-21(15-18-28)27-24(25-2)26-16-8-13-23(29)30-22-11-6-7-12-22/h3-5,9-10,19,21-22H,6-8,11-18H2,1-2H3,(H2,25,26,27). The molecule has 0 aromatic heterocycles. The summed E-state index contributed by atoms with van der Waals surface area (Å²) in [6.07, 6.45) is 8.03. The number of carbonyl (C=O) groups is 1. The molecule has 1 saturated carbocycles. The predicted octanol–water partition coefficient (Wildman–Crippen LogP) is 3.64. The Labute approximate surface area is 181 Å². The number of benzene rings is 1. The van der Waals surface area contributed by atoms with Crippen molar-refractivity contribution in [1.82, 2.24) is 15.5 Å². The summed E-state index contributed by atoms with van der Waals surface area (Å²) in [6.45, 7) is 5.18. The van der Waals surface area contributed by atoms with E-state index in [1.165, 1.54) is 18.4 Å². The van der Waals surface area contributed by atoms with Gasteiger partial charge in [-0.05, 0) is 57.4 Å². The summed E-state index contributed by atoms with van der Waals surface area (Å²) in [5, 5.41) is 6.89. The number of carbonyl (C=O) groups excluding carboxylic acids is 1. The number of nitrogens with zero attached hydrogens (tertiary/aromatic N) is 2. The van der Waals surface area contributed by atoms with Gasteiger partial charge in [0.25, 0.3) is 0 Å². The fourth-order valence-corrected chi connectivity index (χ4v) is 4.45. The third-order valence-electron chi connectivity index (χ3n) is 6.37. The first-order valence-electron chi connectivity index (χ1n) is 11.6. The van der Waals surface area contributed by atoms with Crippen LogP contribution in [0.4, 0.5) is 0 Å². The molecule has 2 aliphatic rings. The van der Waals surface area contributed by atoms with Gasteiger partial charge in [-0.3, -0.25) is 14.7 Å². The quantitative estimate of drug-likeness (QED) is 0.294. The molecule has 1 aliphatic heterocycles. The van der Waals surface area contributed by atoms with Crippen molar-refractivity contribution in [1.29, 1.82) is 0 Å². The lowest BCUT2D eigenvalue weighted by molar-refractivity contribution is -0.148. The maximum Gasteiger partial charge on any atom is 0.306 e. The molecule has 1 saturated heterocycles. The Bertz CT molecular complexity index is 665. The Hall–Kier alpha value is -2.08. The van der Waals surface area contributed by atoms with Crippen LogP contribution in [0.5, 0.6) is 0 Å². The van der Waals surface area contributed by atoms with Crippen molar-refractivity contribution in [3.63, 3.8) is 0 Å². The van der Waals surface area contributed by atoms with Crippen molar-refractivity contribution in [3.05, 3.63) is 35.9 Å². The van der Waals surface area contributed by atoms with E-state index in [1.54, 1.807) is 7.05 Å². The monoisotopic (exact) mass is 414 g/mol. The van der Waals surface area contributed by atoms with Crippen LogP contribution in [-0.4, -0.2) is 55.7 Å². The number of esters is 1. The Morgan fingerprint density at radius 2 is 1.87 bits per heavy atom. The molecule has 0 radical (unpaired) electrons. The van der Waals surface area contributed by atoms with E-state index >= 15 is 0 Å². The summed E-state index contributed by atoms with van der Waals surface area (Å²) >= 11 is 0. The number of hydrogen-bond acceptors (Lipinski definition) is 4. The van der Waals surface area contributed by atoms with Crippen molar-refractivity contribution < 1.29 is 9.53 Å². The van der Waals surface area contributed by atoms with Crippen LogP contribution in [0.25, 0.3) is 0 Å². The molecule has 0 amide bonds. The average Bonchev–Trinajstić information content (AvgIpc) is 3.29. The molecule has 1 aliphatic carbocycles. The summed E-state index contributed by atoms with van der Waals surface area (Å²) in [4.78, 5) is 18.8. The van der Waals surface area contributed by atoms with E-state index in [9.17, 15) is 4.79 Å². The van der Waals surface area contributed by atoms with Crippen LogP contribution in [0, 0.1) is 0 Å². The minimum Gasteiger partial charge on any atom is -0.462 e. The summed E-state index contributed by atoms with van der Waals surface area (Å²) < 4.78 is 5.51. The van der Waals surface area contributed by atoms with E-state index in [1.807, 2.05) is 0 Å².